The molecular formula is C32H43ClN4O4. The third-order valence-corrected chi connectivity index (χ3v) is 10.3. The molecule has 3 saturated heterocycles. The number of amides is 3. The number of ether oxygens (including phenoxy) is 1. The largest absolute Gasteiger partial charge is 0.359 e. The molecule has 1 aromatic carbocycles. The highest BCUT2D eigenvalue weighted by Crippen LogP contribution is 2.55. The van der Waals surface area contributed by atoms with Gasteiger partial charge in [0.15, 0.2) is 0 Å². The highest BCUT2D eigenvalue weighted by molar-refractivity contribution is 6.30. The van der Waals surface area contributed by atoms with Crippen LogP contribution in [0.5, 0.6) is 0 Å². The van der Waals surface area contributed by atoms with E-state index in [0.29, 0.717) is 23.3 Å². The minimum Gasteiger partial charge on any atom is -0.359 e. The zero-order chi connectivity index (χ0) is 28.6. The van der Waals surface area contributed by atoms with Crippen LogP contribution in [-0.4, -0.2) is 77.0 Å². The molecule has 1 spiro atoms. The number of hydrogen-bond acceptors (Lipinski definition) is 5. The molecule has 4 unspecified atom stereocenters. The molecule has 3 amide bonds. The maximum absolute atomic E-state index is 14.2. The number of carbonyl (C=O) groups is 3. The van der Waals surface area contributed by atoms with Gasteiger partial charge in [0.25, 0.3) is 0 Å². The van der Waals surface area contributed by atoms with Crippen molar-refractivity contribution < 1.29 is 19.1 Å². The monoisotopic (exact) mass is 582 g/mol. The fourth-order valence-corrected chi connectivity index (χ4v) is 8.28. The van der Waals surface area contributed by atoms with Gasteiger partial charge in [-0.1, -0.05) is 62.4 Å². The summed E-state index contributed by atoms with van der Waals surface area (Å²) in [6.45, 7) is 4.70. The van der Waals surface area contributed by atoms with Crippen molar-refractivity contribution in [2.24, 2.45) is 11.8 Å². The van der Waals surface area contributed by atoms with Crippen molar-refractivity contribution in [2.75, 3.05) is 25.0 Å². The number of fused-ring (bicyclic) bond motifs is 1. The van der Waals surface area contributed by atoms with E-state index in [1.165, 1.54) is 25.7 Å². The summed E-state index contributed by atoms with van der Waals surface area (Å²) in [4.78, 5) is 46.2. The first-order valence-electron chi connectivity index (χ1n) is 15.7. The van der Waals surface area contributed by atoms with E-state index in [0.717, 1.165) is 51.6 Å². The summed E-state index contributed by atoms with van der Waals surface area (Å²) in [6.07, 6.45) is 14.1. The van der Waals surface area contributed by atoms with Gasteiger partial charge in [-0.25, -0.2) is 0 Å². The fourth-order valence-electron chi connectivity index (χ4n) is 8.09. The van der Waals surface area contributed by atoms with Crippen LogP contribution in [0.2, 0.25) is 5.02 Å². The van der Waals surface area contributed by atoms with Crippen LogP contribution in [0.15, 0.2) is 36.4 Å². The lowest BCUT2D eigenvalue weighted by molar-refractivity contribution is -0.141. The first-order valence-corrected chi connectivity index (χ1v) is 16.1. The Kier molecular flexibility index (Phi) is 8.44. The molecule has 1 aromatic rings. The highest BCUT2D eigenvalue weighted by atomic mass is 35.5. The van der Waals surface area contributed by atoms with Crippen LogP contribution in [0, 0.1) is 11.8 Å². The molecule has 8 nitrogen and oxygen atoms in total. The number of halogens is 1. The summed E-state index contributed by atoms with van der Waals surface area (Å²) in [7, 11) is 0. The van der Waals surface area contributed by atoms with Gasteiger partial charge in [-0.15, -0.1) is 0 Å². The third kappa shape index (κ3) is 5.43. The van der Waals surface area contributed by atoms with Crippen LogP contribution in [0.1, 0.15) is 71.1 Å². The Morgan fingerprint density at radius 1 is 1.07 bits per heavy atom. The lowest BCUT2D eigenvalue weighted by Crippen LogP contribution is -2.56. The topological polar surface area (TPSA) is 91.0 Å². The Bertz CT molecular complexity index is 1190. The van der Waals surface area contributed by atoms with Gasteiger partial charge in [-0.05, 0) is 63.3 Å². The molecule has 4 aliphatic heterocycles. The number of hydrogen-bond donors (Lipinski definition) is 2. The van der Waals surface area contributed by atoms with E-state index >= 15 is 0 Å². The van der Waals surface area contributed by atoms with Crippen molar-refractivity contribution in [1.29, 1.82) is 0 Å². The normalized spacial score (nSPS) is 33.3. The second-order valence-corrected chi connectivity index (χ2v) is 13.0. The predicted molar refractivity (Wildman–Crippen MR) is 158 cm³/mol. The van der Waals surface area contributed by atoms with Crippen molar-refractivity contribution in [3.8, 4) is 0 Å². The minimum absolute atomic E-state index is 0.117. The third-order valence-electron chi connectivity index (χ3n) is 10.0. The van der Waals surface area contributed by atoms with Crippen molar-refractivity contribution in [3.63, 3.8) is 0 Å². The molecular weight excluding hydrogens is 540 g/mol. The van der Waals surface area contributed by atoms with Gasteiger partial charge < -0.3 is 25.2 Å². The van der Waals surface area contributed by atoms with E-state index in [9.17, 15) is 14.4 Å². The van der Waals surface area contributed by atoms with Crippen LogP contribution in [0.25, 0.3) is 0 Å². The second kappa shape index (κ2) is 12.1. The maximum atomic E-state index is 14.2. The zero-order valence-corrected chi connectivity index (χ0v) is 24.8. The number of anilines is 1. The van der Waals surface area contributed by atoms with Gasteiger partial charge in [0.2, 0.25) is 17.7 Å². The van der Waals surface area contributed by atoms with Gasteiger partial charge in [0.1, 0.15) is 11.6 Å². The van der Waals surface area contributed by atoms with E-state index in [4.69, 9.17) is 16.3 Å². The lowest BCUT2D eigenvalue weighted by Gasteiger charge is -2.36. The number of rotatable bonds is 9. The van der Waals surface area contributed by atoms with E-state index in [1.807, 2.05) is 12.2 Å². The quantitative estimate of drug-likeness (QED) is 0.418. The highest BCUT2D eigenvalue weighted by Gasteiger charge is 2.72. The molecule has 222 valence electrons. The van der Waals surface area contributed by atoms with Gasteiger partial charge in [0, 0.05) is 35.9 Å². The Labute approximate surface area is 248 Å². The van der Waals surface area contributed by atoms with Crippen LogP contribution in [-0.2, 0) is 19.1 Å². The van der Waals surface area contributed by atoms with Crippen molar-refractivity contribution in [2.45, 2.75) is 101 Å². The summed E-state index contributed by atoms with van der Waals surface area (Å²) in [5.74, 6) is -2.05. The summed E-state index contributed by atoms with van der Waals surface area (Å²) in [5.41, 5.74) is -0.558. The number of carbonyl (C=O) groups excluding carboxylic acids is 3. The number of nitrogens with zero attached hydrogens (tertiary/aromatic N) is 2. The maximum Gasteiger partial charge on any atom is 0.246 e. The predicted octanol–water partition coefficient (Wildman–Crippen LogP) is 4.53. The summed E-state index contributed by atoms with van der Waals surface area (Å²) < 4.78 is 6.50. The first kappa shape index (κ1) is 28.7. The number of likely N-dealkylation sites (tertiary alicyclic amines) is 2. The molecule has 6 atom stereocenters. The standard InChI is InChI=1S/C32H43ClN4O4/c1-2-24-14-6-7-17-36(24)18-9-19-37-28(30(39)34-22-11-4-3-5-12-22)32-16-15-25(41-32)26(27(32)31(37)40)29(38)35-23-13-8-10-21(33)20-23/h8,10,13,15-16,20,22,24-28H,2-7,9,11-12,14,17-19H2,1H3,(H,34,39)(H,35,38)/t24?,25-,26?,27-,28?,32?/m0/s1. The molecule has 0 radical (unpaired) electrons. The van der Waals surface area contributed by atoms with Crippen molar-refractivity contribution in [3.05, 3.63) is 41.4 Å². The molecule has 5 aliphatic rings. The SMILES string of the molecule is CCC1CCCCN1CCCN1C(=O)[C@@H]2C(C(=O)Nc3cccc(Cl)c3)[C@@H]3C=CC2(O3)C1C(=O)NC1CCCCC1. The number of benzene rings is 1. The van der Waals surface area contributed by atoms with E-state index in [-0.39, 0.29) is 23.8 Å². The van der Waals surface area contributed by atoms with E-state index < -0.39 is 29.6 Å². The first-order chi connectivity index (χ1) is 19.9. The molecule has 4 heterocycles. The smallest absolute Gasteiger partial charge is 0.246 e. The Hall–Kier alpha value is -2.42. The molecule has 2 N–H and O–H groups in total. The van der Waals surface area contributed by atoms with Gasteiger partial charge >= 0.3 is 0 Å². The minimum atomic E-state index is -1.13. The van der Waals surface area contributed by atoms with Crippen LogP contribution in [0.3, 0.4) is 0 Å². The van der Waals surface area contributed by atoms with Crippen LogP contribution >= 0.6 is 11.6 Å². The fraction of sp³-hybridized carbons (Fsp3) is 0.656. The summed E-state index contributed by atoms with van der Waals surface area (Å²) in [6, 6.07) is 6.90. The van der Waals surface area contributed by atoms with Crippen LogP contribution in [0.4, 0.5) is 5.69 Å². The van der Waals surface area contributed by atoms with Gasteiger partial charge in [-0.2, -0.15) is 0 Å². The molecule has 4 fully saturated rings. The number of piperidine rings is 1. The molecule has 0 aromatic heterocycles. The molecule has 1 saturated carbocycles. The van der Waals surface area contributed by atoms with Gasteiger partial charge in [0.05, 0.1) is 17.9 Å². The summed E-state index contributed by atoms with van der Waals surface area (Å²) in [5, 5.41) is 6.74. The van der Waals surface area contributed by atoms with Gasteiger partial charge in [-0.3, -0.25) is 14.4 Å². The average Bonchev–Trinajstić information content (AvgIpc) is 3.61. The number of nitrogens with one attached hydrogen (secondary N) is 2. The lowest BCUT2D eigenvalue weighted by atomic mass is 9.74. The molecule has 1 aliphatic carbocycles. The van der Waals surface area contributed by atoms with E-state index in [2.05, 4.69) is 22.5 Å². The zero-order valence-electron chi connectivity index (χ0n) is 24.0. The van der Waals surface area contributed by atoms with Crippen LogP contribution < -0.4 is 10.6 Å². The molecule has 2 bridgehead atoms. The van der Waals surface area contributed by atoms with Crippen molar-refractivity contribution >= 4 is 35.0 Å². The van der Waals surface area contributed by atoms with Crippen molar-refractivity contribution in [1.82, 2.24) is 15.1 Å². The summed E-state index contributed by atoms with van der Waals surface area (Å²) >= 11 is 6.14. The molecule has 41 heavy (non-hydrogen) atoms. The Balaban J connectivity index is 1.23. The molecule has 9 heteroatoms. The molecule has 6 rings (SSSR count). The Morgan fingerprint density at radius 2 is 1.88 bits per heavy atom. The second-order valence-electron chi connectivity index (χ2n) is 12.5. The van der Waals surface area contributed by atoms with E-state index in [1.54, 1.807) is 29.2 Å². The average molecular weight is 583 g/mol. The Morgan fingerprint density at radius 3 is 2.66 bits per heavy atom.